The van der Waals surface area contributed by atoms with Crippen molar-refractivity contribution in [3.63, 3.8) is 0 Å². The first-order valence-electron chi connectivity index (χ1n) is 8.59. The van der Waals surface area contributed by atoms with Crippen molar-refractivity contribution < 1.29 is 9.47 Å². The lowest BCUT2D eigenvalue weighted by molar-refractivity contribution is 0.412. The average molecular weight is 375 g/mol. The normalized spacial score (nSPS) is 11.9. The summed E-state index contributed by atoms with van der Waals surface area (Å²) in [5, 5.41) is 0.890. The number of benzene rings is 3. The Hall–Kier alpha value is -2.98. The smallest absolute Gasteiger partial charge is 0.126 e. The Bertz CT molecular complexity index is 904. The summed E-state index contributed by atoms with van der Waals surface area (Å²) in [7, 11) is 1.65. The Morgan fingerprint density at radius 1 is 0.815 bits per heavy atom. The summed E-state index contributed by atoms with van der Waals surface area (Å²) >= 11 is 1.61. The minimum Gasteiger partial charge on any atom is -0.497 e. The second-order valence-corrected chi connectivity index (χ2v) is 6.82. The van der Waals surface area contributed by atoms with E-state index in [1.165, 1.54) is 0 Å². The van der Waals surface area contributed by atoms with Crippen molar-refractivity contribution in [2.24, 2.45) is 4.99 Å². The summed E-state index contributed by atoms with van der Waals surface area (Å²) in [6, 6.07) is 27.6. The zero-order valence-electron chi connectivity index (χ0n) is 15.3. The van der Waals surface area contributed by atoms with Crippen LogP contribution in [-0.2, 0) is 0 Å². The molecule has 0 aromatic heterocycles. The molecule has 0 amide bonds. The van der Waals surface area contributed by atoms with Crippen LogP contribution in [0.15, 0.2) is 107 Å². The predicted molar refractivity (Wildman–Crippen MR) is 113 cm³/mol. The number of ether oxygens (including phenoxy) is 2. The van der Waals surface area contributed by atoms with Gasteiger partial charge in [-0.1, -0.05) is 48.2 Å². The number of aliphatic imine (C=N–C) groups is 1. The van der Waals surface area contributed by atoms with Gasteiger partial charge in [-0.2, -0.15) is 0 Å². The van der Waals surface area contributed by atoms with Gasteiger partial charge < -0.3 is 9.47 Å². The number of rotatable bonds is 6. The van der Waals surface area contributed by atoms with E-state index in [1.54, 1.807) is 25.1 Å². The molecular weight excluding hydrogens is 354 g/mol. The third-order valence-corrected chi connectivity index (χ3v) is 4.83. The summed E-state index contributed by atoms with van der Waals surface area (Å²) in [4.78, 5) is 5.93. The number of nitrogens with zero attached hydrogens (tertiary/aromatic N) is 1. The van der Waals surface area contributed by atoms with E-state index in [0.29, 0.717) is 0 Å². The molecule has 0 saturated carbocycles. The van der Waals surface area contributed by atoms with Crippen LogP contribution in [0.3, 0.4) is 0 Å². The van der Waals surface area contributed by atoms with E-state index in [9.17, 15) is 0 Å². The van der Waals surface area contributed by atoms with Crippen LogP contribution in [0.25, 0.3) is 0 Å². The molecule has 0 bridgehead atoms. The summed E-state index contributed by atoms with van der Waals surface area (Å²) in [6.45, 7) is 2.00. The number of thioether (sulfide) groups is 1. The number of methoxy groups -OCH3 is 1. The molecular formula is C23H21NO2S. The van der Waals surface area contributed by atoms with Crippen LogP contribution in [0.2, 0.25) is 0 Å². The molecule has 3 rings (SSSR count). The van der Waals surface area contributed by atoms with Gasteiger partial charge in [-0.3, -0.25) is 0 Å². The molecule has 0 saturated heterocycles. The van der Waals surface area contributed by atoms with Gasteiger partial charge >= 0.3 is 0 Å². The molecule has 0 radical (unpaired) electrons. The standard InChI is InChI=1S/C23H21NO2S/c1-18(17-26-21-15-13-20(25-2)14-16-21)23(24-19-9-5-3-6-10-19)27-22-11-7-4-8-12-22/h3-17H,1-2H3. The van der Waals surface area contributed by atoms with Crippen LogP contribution in [0, 0.1) is 0 Å². The van der Waals surface area contributed by atoms with E-state index in [0.717, 1.165) is 32.7 Å². The zero-order valence-corrected chi connectivity index (χ0v) is 16.1. The van der Waals surface area contributed by atoms with E-state index in [1.807, 2.05) is 79.7 Å². The highest BCUT2D eigenvalue weighted by Gasteiger charge is 2.07. The van der Waals surface area contributed by atoms with Gasteiger partial charge in [0.1, 0.15) is 16.5 Å². The first-order chi connectivity index (χ1) is 13.2. The molecule has 0 aliphatic carbocycles. The highest BCUT2D eigenvalue weighted by Crippen LogP contribution is 2.27. The molecule has 0 unspecified atom stereocenters. The maximum absolute atomic E-state index is 5.81. The quantitative estimate of drug-likeness (QED) is 0.213. The van der Waals surface area contributed by atoms with E-state index in [2.05, 4.69) is 12.1 Å². The third-order valence-electron chi connectivity index (χ3n) is 3.71. The van der Waals surface area contributed by atoms with E-state index < -0.39 is 0 Å². The molecule has 0 N–H and O–H groups in total. The summed E-state index contributed by atoms with van der Waals surface area (Å²) < 4.78 is 11.0. The van der Waals surface area contributed by atoms with Crippen LogP contribution in [0.4, 0.5) is 5.69 Å². The average Bonchev–Trinajstić information content (AvgIpc) is 2.73. The highest BCUT2D eigenvalue weighted by atomic mass is 32.2. The molecule has 27 heavy (non-hydrogen) atoms. The van der Waals surface area contributed by atoms with Crippen LogP contribution >= 0.6 is 11.8 Å². The lowest BCUT2D eigenvalue weighted by Gasteiger charge is -2.08. The van der Waals surface area contributed by atoms with Crippen molar-refractivity contribution in [3.8, 4) is 11.5 Å². The molecule has 0 fully saturated rings. The highest BCUT2D eigenvalue weighted by molar-refractivity contribution is 8.14. The third kappa shape index (κ3) is 5.76. The fourth-order valence-electron chi connectivity index (χ4n) is 2.27. The van der Waals surface area contributed by atoms with Crippen molar-refractivity contribution in [1.29, 1.82) is 0 Å². The minimum atomic E-state index is 0.749. The molecule has 3 aromatic rings. The monoisotopic (exact) mass is 375 g/mol. The van der Waals surface area contributed by atoms with Gasteiger partial charge in [0.15, 0.2) is 0 Å². The van der Waals surface area contributed by atoms with Gasteiger partial charge in [-0.15, -0.1) is 0 Å². The maximum atomic E-state index is 5.81. The lowest BCUT2D eigenvalue weighted by atomic mass is 10.3. The van der Waals surface area contributed by atoms with Gasteiger partial charge in [0.05, 0.1) is 19.1 Å². The van der Waals surface area contributed by atoms with Gasteiger partial charge in [0, 0.05) is 10.5 Å². The van der Waals surface area contributed by atoms with Gasteiger partial charge in [0.2, 0.25) is 0 Å². The fourth-order valence-corrected chi connectivity index (χ4v) is 3.15. The van der Waals surface area contributed by atoms with Crippen molar-refractivity contribution in [1.82, 2.24) is 0 Å². The first-order valence-corrected chi connectivity index (χ1v) is 9.41. The second kappa shape index (κ2) is 9.64. The topological polar surface area (TPSA) is 30.8 Å². The molecule has 3 aromatic carbocycles. The van der Waals surface area contributed by atoms with Crippen LogP contribution in [0.5, 0.6) is 11.5 Å². The minimum absolute atomic E-state index is 0.749. The first kappa shape index (κ1) is 18.8. The number of para-hydroxylation sites is 1. The summed E-state index contributed by atoms with van der Waals surface area (Å²) in [6.07, 6.45) is 1.74. The largest absolute Gasteiger partial charge is 0.497 e. The fraction of sp³-hybridized carbons (Fsp3) is 0.0870. The molecule has 4 heteroatoms. The molecule has 136 valence electrons. The van der Waals surface area contributed by atoms with E-state index in [4.69, 9.17) is 14.5 Å². The molecule has 0 atom stereocenters. The Balaban J connectivity index is 1.82. The predicted octanol–water partition coefficient (Wildman–Crippen LogP) is 6.50. The Morgan fingerprint density at radius 3 is 2.04 bits per heavy atom. The lowest BCUT2D eigenvalue weighted by Crippen LogP contribution is -1.97. The summed E-state index contributed by atoms with van der Waals surface area (Å²) in [5.41, 5.74) is 1.86. The van der Waals surface area contributed by atoms with E-state index >= 15 is 0 Å². The summed E-state index contributed by atoms with van der Waals surface area (Å²) in [5.74, 6) is 1.55. The molecule has 3 nitrogen and oxygen atoms in total. The van der Waals surface area contributed by atoms with Crippen molar-refractivity contribution in [3.05, 3.63) is 96.8 Å². The van der Waals surface area contributed by atoms with Gasteiger partial charge in [-0.05, 0) is 55.5 Å². The number of hydrogen-bond donors (Lipinski definition) is 0. The molecule has 0 heterocycles. The van der Waals surface area contributed by atoms with Crippen molar-refractivity contribution in [2.75, 3.05) is 7.11 Å². The molecule has 0 aliphatic rings. The van der Waals surface area contributed by atoms with Crippen LogP contribution in [0.1, 0.15) is 6.92 Å². The van der Waals surface area contributed by atoms with Crippen molar-refractivity contribution >= 4 is 22.5 Å². The molecule has 0 aliphatic heterocycles. The number of hydrogen-bond acceptors (Lipinski definition) is 4. The maximum Gasteiger partial charge on any atom is 0.126 e. The van der Waals surface area contributed by atoms with Gasteiger partial charge in [-0.25, -0.2) is 4.99 Å². The Morgan fingerprint density at radius 2 is 1.41 bits per heavy atom. The van der Waals surface area contributed by atoms with Crippen molar-refractivity contribution in [2.45, 2.75) is 11.8 Å². The Labute approximate surface area is 164 Å². The zero-order chi connectivity index (χ0) is 18.9. The van der Waals surface area contributed by atoms with E-state index in [-0.39, 0.29) is 0 Å². The van der Waals surface area contributed by atoms with Crippen LogP contribution in [-0.4, -0.2) is 12.2 Å². The molecule has 0 spiro atoms. The Kier molecular flexibility index (Phi) is 6.72. The van der Waals surface area contributed by atoms with Gasteiger partial charge in [0.25, 0.3) is 0 Å². The second-order valence-electron chi connectivity index (χ2n) is 5.76. The van der Waals surface area contributed by atoms with Crippen LogP contribution < -0.4 is 9.47 Å². The SMILES string of the molecule is COc1ccc(OC=C(C)C(=Nc2ccccc2)Sc2ccccc2)cc1.